The smallest absolute Gasteiger partial charge is 0.321 e. The van der Waals surface area contributed by atoms with E-state index in [-0.39, 0.29) is 36.4 Å². The van der Waals surface area contributed by atoms with Crippen LogP contribution in [0, 0.1) is 23.6 Å². The van der Waals surface area contributed by atoms with Crippen molar-refractivity contribution in [2.24, 2.45) is 5.92 Å². The van der Waals surface area contributed by atoms with Gasteiger partial charge in [0.2, 0.25) is 5.88 Å². The number of rotatable bonds is 6. The lowest BCUT2D eigenvalue weighted by atomic mass is 10.00. The van der Waals surface area contributed by atoms with Crippen molar-refractivity contribution in [3.63, 3.8) is 0 Å². The molecule has 10 heteroatoms. The van der Waals surface area contributed by atoms with Gasteiger partial charge in [-0.2, -0.15) is 0 Å². The Morgan fingerprint density at radius 2 is 2.11 bits per heavy atom. The number of anilines is 1. The van der Waals surface area contributed by atoms with E-state index in [2.05, 4.69) is 22.1 Å². The molecule has 2 N–H and O–H groups in total. The number of fused-ring (bicyclic) bond motifs is 1. The molecule has 3 amide bonds. The number of hydrogen-bond donors (Lipinski definition) is 2. The lowest BCUT2D eigenvalue weighted by Crippen LogP contribution is -2.50. The zero-order valence-corrected chi connectivity index (χ0v) is 21.9. The number of pyridine rings is 1. The number of halogens is 1. The lowest BCUT2D eigenvalue weighted by molar-refractivity contribution is 0.0356. The van der Waals surface area contributed by atoms with Gasteiger partial charge in [0.25, 0.3) is 5.91 Å². The molecule has 2 heterocycles. The maximum atomic E-state index is 13.5. The summed E-state index contributed by atoms with van der Waals surface area (Å²) in [5, 5.41) is 12.5. The van der Waals surface area contributed by atoms with Gasteiger partial charge < -0.3 is 25.0 Å². The number of nitrogens with zero attached hydrogens (tertiary/aromatic N) is 4. The summed E-state index contributed by atoms with van der Waals surface area (Å²) in [5.74, 6) is 5.24. The van der Waals surface area contributed by atoms with Crippen LogP contribution in [0.25, 0.3) is 0 Å². The molecule has 0 fully saturated rings. The maximum Gasteiger partial charge on any atom is 0.321 e. The number of urea groups is 1. The van der Waals surface area contributed by atoms with Crippen molar-refractivity contribution < 1.29 is 23.8 Å². The molecule has 1 aliphatic rings. The van der Waals surface area contributed by atoms with E-state index < -0.39 is 24.0 Å². The van der Waals surface area contributed by atoms with Gasteiger partial charge in [0.1, 0.15) is 17.5 Å². The van der Waals surface area contributed by atoms with Gasteiger partial charge in [0.05, 0.1) is 25.7 Å². The third-order valence-corrected chi connectivity index (χ3v) is 6.03. The standard InChI is InChI=1S/C27H34FN5O4/c1-18-15-33(19(2)17-34)26(35)23-12-20(8-7-11-31(3)4)14-29-25(23)37-24(18)16-32(5)27(36)30-22-10-6-9-21(28)13-22/h6,9-10,12-14,18-19,24,34H,11,15-17H2,1-5H3,(H,30,36)/t18-,19-,24-/m0/s1. The number of nitrogens with one attached hydrogen (secondary N) is 1. The topological polar surface area (TPSA) is 98.2 Å². The van der Waals surface area contributed by atoms with Crippen LogP contribution in [0.5, 0.6) is 5.88 Å². The normalized spacial score (nSPS) is 18.1. The van der Waals surface area contributed by atoms with Crippen molar-refractivity contribution in [2.45, 2.75) is 26.0 Å². The lowest BCUT2D eigenvalue weighted by Gasteiger charge is -2.37. The first-order chi connectivity index (χ1) is 17.6. The molecule has 0 unspecified atom stereocenters. The summed E-state index contributed by atoms with van der Waals surface area (Å²) in [7, 11) is 5.44. The van der Waals surface area contributed by atoms with Gasteiger partial charge in [-0.25, -0.2) is 14.2 Å². The van der Waals surface area contributed by atoms with E-state index in [4.69, 9.17) is 4.74 Å². The number of amides is 3. The van der Waals surface area contributed by atoms with Crippen LogP contribution in [0.4, 0.5) is 14.9 Å². The predicted octanol–water partition coefficient (Wildman–Crippen LogP) is 2.52. The van der Waals surface area contributed by atoms with E-state index in [1.54, 1.807) is 37.2 Å². The van der Waals surface area contributed by atoms with Crippen LogP contribution >= 0.6 is 0 Å². The number of carbonyl (C=O) groups excluding carboxylic acids is 2. The molecule has 3 atom stereocenters. The molecule has 0 aliphatic carbocycles. The van der Waals surface area contributed by atoms with Gasteiger partial charge in [-0.15, -0.1) is 0 Å². The van der Waals surface area contributed by atoms with Crippen molar-refractivity contribution in [3.05, 3.63) is 53.5 Å². The van der Waals surface area contributed by atoms with E-state index in [9.17, 15) is 19.1 Å². The zero-order chi connectivity index (χ0) is 27.1. The number of carbonyl (C=O) groups is 2. The van der Waals surface area contributed by atoms with Crippen LogP contribution in [-0.4, -0.2) is 96.3 Å². The van der Waals surface area contributed by atoms with Crippen LogP contribution in [0.15, 0.2) is 36.5 Å². The molecular formula is C27H34FN5O4. The second-order valence-electron chi connectivity index (χ2n) is 9.56. The van der Waals surface area contributed by atoms with Gasteiger partial charge in [-0.3, -0.25) is 9.69 Å². The summed E-state index contributed by atoms with van der Waals surface area (Å²) in [4.78, 5) is 35.6. The fourth-order valence-electron chi connectivity index (χ4n) is 3.83. The molecule has 1 aromatic heterocycles. The largest absolute Gasteiger partial charge is 0.472 e. The molecule has 37 heavy (non-hydrogen) atoms. The second kappa shape index (κ2) is 12.5. The van der Waals surface area contributed by atoms with Gasteiger partial charge in [0, 0.05) is 37.0 Å². The average Bonchev–Trinajstić information content (AvgIpc) is 2.85. The quantitative estimate of drug-likeness (QED) is 0.579. The predicted molar refractivity (Wildman–Crippen MR) is 139 cm³/mol. The number of aliphatic hydroxyl groups is 1. The molecular weight excluding hydrogens is 477 g/mol. The molecule has 1 aromatic carbocycles. The summed E-state index contributed by atoms with van der Waals surface area (Å²) in [6.07, 6.45) is 1.04. The third-order valence-electron chi connectivity index (χ3n) is 6.03. The van der Waals surface area contributed by atoms with Gasteiger partial charge >= 0.3 is 6.03 Å². The Bertz CT molecular complexity index is 1180. The van der Waals surface area contributed by atoms with Crippen molar-refractivity contribution in [1.29, 1.82) is 0 Å². The summed E-state index contributed by atoms with van der Waals surface area (Å²) < 4.78 is 19.7. The van der Waals surface area contributed by atoms with Crippen molar-refractivity contribution in [1.82, 2.24) is 19.7 Å². The first-order valence-electron chi connectivity index (χ1n) is 12.1. The Kier molecular flexibility index (Phi) is 9.44. The average molecular weight is 512 g/mol. The minimum Gasteiger partial charge on any atom is -0.472 e. The number of hydrogen-bond acceptors (Lipinski definition) is 6. The van der Waals surface area contributed by atoms with Crippen molar-refractivity contribution in [3.8, 4) is 17.7 Å². The first-order valence-corrected chi connectivity index (χ1v) is 12.1. The van der Waals surface area contributed by atoms with E-state index in [1.165, 1.54) is 23.1 Å². The summed E-state index contributed by atoms with van der Waals surface area (Å²) in [6.45, 7) is 4.53. The number of aliphatic hydroxyl groups excluding tert-OH is 1. The maximum absolute atomic E-state index is 13.5. The highest BCUT2D eigenvalue weighted by atomic mass is 19.1. The summed E-state index contributed by atoms with van der Waals surface area (Å²) in [5.41, 5.74) is 1.17. The van der Waals surface area contributed by atoms with Crippen LogP contribution in [-0.2, 0) is 0 Å². The Labute approximate surface area is 217 Å². The first kappa shape index (κ1) is 27.9. The fourth-order valence-corrected chi connectivity index (χ4v) is 3.83. The van der Waals surface area contributed by atoms with Gasteiger partial charge in [0.15, 0.2) is 0 Å². The Morgan fingerprint density at radius 3 is 2.78 bits per heavy atom. The molecule has 0 saturated carbocycles. The van der Waals surface area contributed by atoms with Crippen LogP contribution < -0.4 is 10.1 Å². The molecule has 1 aliphatic heterocycles. The molecule has 0 saturated heterocycles. The van der Waals surface area contributed by atoms with E-state index >= 15 is 0 Å². The highest BCUT2D eigenvalue weighted by Gasteiger charge is 2.34. The molecule has 198 valence electrons. The minimum atomic E-state index is -0.512. The number of ether oxygens (including phenoxy) is 1. The molecule has 3 rings (SSSR count). The van der Waals surface area contributed by atoms with E-state index in [0.717, 1.165) is 0 Å². The number of aromatic nitrogens is 1. The van der Waals surface area contributed by atoms with Gasteiger partial charge in [-0.1, -0.05) is 24.8 Å². The highest BCUT2D eigenvalue weighted by Crippen LogP contribution is 2.27. The third kappa shape index (κ3) is 7.41. The Hall–Kier alpha value is -3.68. The monoisotopic (exact) mass is 511 g/mol. The van der Waals surface area contributed by atoms with E-state index in [1.807, 2.05) is 25.9 Å². The van der Waals surface area contributed by atoms with Crippen LogP contribution in [0.1, 0.15) is 29.8 Å². The Morgan fingerprint density at radius 1 is 1.35 bits per heavy atom. The molecule has 0 radical (unpaired) electrons. The fraction of sp³-hybridized carbons (Fsp3) is 0.444. The molecule has 0 bridgehead atoms. The highest BCUT2D eigenvalue weighted by molar-refractivity contribution is 5.97. The number of likely N-dealkylation sites (N-methyl/N-ethyl adjacent to an activating group) is 1. The molecule has 9 nitrogen and oxygen atoms in total. The van der Waals surface area contributed by atoms with Crippen molar-refractivity contribution in [2.75, 3.05) is 52.7 Å². The second-order valence-corrected chi connectivity index (χ2v) is 9.56. The zero-order valence-electron chi connectivity index (χ0n) is 21.9. The van der Waals surface area contributed by atoms with E-state index in [0.29, 0.717) is 24.3 Å². The molecule has 0 spiro atoms. The SMILES string of the molecule is C[C@H]1CN([C@@H](C)CO)C(=O)c2cc(C#CCN(C)C)cnc2O[C@H]1CN(C)C(=O)Nc1cccc(F)c1. The number of benzene rings is 1. The van der Waals surface area contributed by atoms with Gasteiger partial charge in [-0.05, 0) is 45.3 Å². The molecule has 2 aromatic rings. The van der Waals surface area contributed by atoms with Crippen molar-refractivity contribution >= 4 is 17.6 Å². The Balaban J connectivity index is 1.87. The minimum absolute atomic E-state index is 0.147. The summed E-state index contributed by atoms with van der Waals surface area (Å²) in [6, 6.07) is 6.44. The van der Waals surface area contributed by atoms with Crippen LogP contribution in [0.2, 0.25) is 0 Å². The summed E-state index contributed by atoms with van der Waals surface area (Å²) >= 11 is 0. The van der Waals surface area contributed by atoms with Crippen LogP contribution in [0.3, 0.4) is 0 Å².